The summed E-state index contributed by atoms with van der Waals surface area (Å²) in [6, 6.07) is 1.02. The third-order valence-corrected chi connectivity index (χ3v) is 4.44. The Morgan fingerprint density at radius 1 is 1.21 bits per heavy atom. The van der Waals surface area contributed by atoms with Gasteiger partial charge in [-0.3, -0.25) is 4.79 Å². The van der Waals surface area contributed by atoms with Crippen LogP contribution in [0.5, 0.6) is 0 Å². The van der Waals surface area contributed by atoms with Crippen LogP contribution in [0.15, 0.2) is 0 Å². The van der Waals surface area contributed by atoms with Crippen LogP contribution >= 0.6 is 0 Å². The van der Waals surface area contributed by atoms with E-state index in [2.05, 4.69) is 24.1 Å². The Labute approximate surface area is 116 Å². The van der Waals surface area contributed by atoms with Gasteiger partial charge in [0.2, 0.25) is 5.91 Å². The fourth-order valence-corrected chi connectivity index (χ4v) is 3.06. The van der Waals surface area contributed by atoms with E-state index >= 15 is 0 Å². The topological polar surface area (TPSA) is 41.6 Å². The third kappa shape index (κ3) is 4.77. The SMILES string of the molecule is CC(C)N1CCC(NC(=O)CC2CCOCC2)CC1. The van der Waals surface area contributed by atoms with Gasteiger partial charge in [0.05, 0.1) is 0 Å². The molecule has 0 bridgehead atoms. The van der Waals surface area contributed by atoms with Crippen molar-refractivity contribution in [1.82, 2.24) is 10.2 Å². The van der Waals surface area contributed by atoms with Crippen molar-refractivity contribution in [2.45, 2.75) is 58.0 Å². The van der Waals surface area contributed by atoms with Gasteiger partial charge in [0.25, 0.3) is 0 Å². The highest BCUT2D eigenvalue weighted by Gasteiger charge is 2.23. The van der Waals surface area contributed by atoms with Gasteiger partial charge in [-0.15, -0.1) is 0 Å². The van der Waals surface area contributed by atoms with Crippen molar-refractivity contribution in [2.75, 3.05) is 26.3 Å². The number of hydrogen-bond acceptors (Lipinski definition) is 3. The Morgan fingerprint density at radius 2 is 1.84 bits per heavy atom. The molecule has 0 atom stereocenters. The van der Waals surface area contributed by atoms with Crippen LogP contribution in [0.3, 0.4) is 0 Å². The molecule has 0 spiro atoms. The monoisotopic (exact) mass is 268 g/mol. The van der Waals surface area contributed by atoms with E-state index in [1.807, 2.05) is 0 Å². The molecule has 1 N–H and O–H groups in total. The zero-order valence-corrected chi connectivity index (χ0v) is 12.4. The zero-order chi connectivity index (χ0) is 13.7. The van der Waals surface area contributed by atoms with Gasteiger partial charge in [-0.05, 0) is 45.4 Å². The van der Waals surface area contributed by atoms with Crippen LogP contribution in [-0.4, -0.2) is 49.2 Å². The molecule has 2 heterocycles. The summed E-state index contributed by atoms with van der Waals surface area (Å²) in [7, 11) is 0. The summed E-state index contributed by atoms with van der Waals surface area (Å²) in [6.45, 7) is 8.35. The molecule has 4 heteroatoms. The molecule has 2 saturated heterocycles. The first kappa shape index (κ1) is 14.8. The Kier molecular flexibility index (Phi) is 5.64. The highest BCUT2D eigenvalue weighted by Crippen LogP contribution is 2.19. The Hall–Kier alpha value is -0.610. The van der Waals surface area contributed by atoms with Crippen molar-refractivity contribution in [1.29, 1.82) is 0 Å². The largest absolute Gasteiger partial charge is 0.381 e. The molecular weight excluding hydrogens is 240 g/mol. The first-order valence-electron chi connectivity index (χ1n) is 7.76. The van der Waals surface area contributed by atoms with Gasteiger partial charge in [0.15, 0.2) is 0 Å². The summed E-state index contributed by atoms with van der Waals surface area (Å²) in [5.41, 5.74) is 0. The Morgan fingerprint density at radius 3 is 2.42 bits per heavy atom. The van der Waals surface area contributed by atoms with E-state index in [1.165, 1.54) is 0 Å². The normalized spacial score (nSPS) is 23.7. The molecule has 2 aliphatic rings. The smallest absolute Gasteiger partial charge is 0.220 e. The summed E-state index contributed by atoms with van der Waals surface area (Å²) < 4.78 is 5.33. The van der Waals surface area contributed by atoms with Gasteiger partial charge in [-0.25, -0.2) is 0 Å². The number of nitrogens with zero attached hydrogens (tertiary/aromatic N) is 1. The first-order chi connectivity index (χ1) is 9.15. The van der Waals surface area contributed by atoms with Crippen LogP contribution in [-0.2, 0) is 9.53 Å². The molecule has 0 aromatic rings. The molecule has 110 valence electrons. The molecule has 2 rings (SSSR count). The fourth-order valence-electron chi connectivity index (χ4n) is 3.06. The molecule has 0 radical (unpaired) electrons. The minimum atomic E-state index is 0.245. The van der Waals surface area contributed by atoms with E-state index in [0.29, 0.717) is 24.4 Å². The van der Waals surface area contributed by atoms with Gasteiger partial charge >= 0.3 is 0 Å². The maximum atomic E-state index is 12.0. The predicted molar refractivity (Wildman–Crippen MR) is 76.0 cm³/mol. The van der Waals surface area contributed by atoms with Crippen molar-refractivity contribution in [2.24, 2.45) is 5.92 Å². The lowest BCUT2D eigenvalue weighted by atomic mass is 9.95. The summed E-state index contributed by atoms with van der Waals surface area (Å²) in [5.74, 6) is 0.777. The maximum absolute atomic E-state index is 12.0. The maximum Gasteiger partial charge on any atom is 0.220 e. The second-order valence-corrected chi connectivity index (χ2v) is 6.23. The molecule has 0 aromatic carbocycles. The van der Waals surface area contributed by atoms with Crippen molar-refractivity contribution >= 4 is 5.91 Å². The molecular formula is C15H28N2O2. The number of likely N-dealkylation sites (tertiary alicyclic amines) is 1. The van der Waals surface area contributed by atoms with Gasteiger partial charge in [0, 0.05) is 44.8 Å². The van der Waals surface area contributed by atoms with Crippen LogP contribution in [0.2, 0.25) is 0 Å². The number of piperidine rings is 1. The van der Waals surface area contributed by atoms with Crippen LogP contribution in [0.1, 0.15) is 46.0 Å². The third-order valence-electron chi connectivity index (χ3n) is 4.44. The first-order valence-corrected chi connectivity index (χ1v) is 7.76. The molecule has 0 unspecified atom stereocenters. The van der Waals surface area contributed by atoms with E-state index in [0.717, 1.165) is 52.0 Å². The van der Waals surface area contributed by atoms with E-state index < -0.39 is 0 Å². The molecule has 0 saturated carbocycles. The molecule has 0 aromatic heterocycles. The molecule has 19 heavy (non-hydrogen) atoms. The van der Waals surface area contributed by atoms with Gasteiger partial charge in [0.1, 0.15) is 0 Å². The van der Waals surface area contributed by atoms with Crippen molar-refractivity contribution in [3.8, 4) is 0 Å². The second kappa shape index (κ2) is 7.25. The van der Waals surface area contributed by atoms with Gasteiger partial charge in [-0.2, -0.15) is 0 Å². The number of rotatable bonds is 4. The number of amides is 1. The number of carbonyl (C=O) groups excluding carboxylic acids is 1. The lowest BCUT2D eigenvalue weighted by Gasteiger charge is -2.35. The van der Waals surface area contributed by atoms with Crippen LogP contribution in [0.4, 0.5) is 0 Å². The van der Waals surface area contributed by atoms with E-state index in [9.17, 15) is 4.79 Å². The van der Waals surface area contributed by atoms with Crippen LogP contribution < -0.4 is 5.32 Å². The number of hydrogen-bond donors (Lipinski definition) is 1. The van der Waals surface area contributed by atoms with Crippen molar-refractivity contribution < 1.29 is 9.53 Å². The minimum Gasteiger partial charge on any atom is -0.381 e. The summed E-state index contributed by atoms with van der Waals surface area (Å²) in [6.07, 6.45) is 4.96. The van der Waals surface area contributed by atoms with Gasteiger partial charge in [-0.1, -0.05) is 0 Å². The average Bonchev–Trinajstić information content (AvgIpc) is 2.40. The molecule has 2 aliphatic heterocycles. The van der Waals surface area contributed by atoms with E-state index in [4.69, 9.17) is 4.74 Å². The predicted octanol–water partition coefficient (Wildman–Crippen LogP) is 1.79. The fraction of sp³-hybridized carbons (Fsp3) is 0.933. The molecule has 0 aliphatic carbocycles. The van der Waals surface area contributed by atoms with E-state index in [-0.39, 0.29) is 5.91 Å². The van der Waals surface area contributed by atoms with Crippen molar-refractivity contribution in [3.63, 3.8) is 0 Å². The lowest BCUT2D eigenvalue weighted by Crippen LogP contribution is -2.47. The number of ether oxygens (including phenoxy) is 1. The average molecular weight is 268 g/mol. The van der Waals surface area contributed by atoms with Crippen LogP contribution in [0, 0.1) is 5.92 Å². The lowest BCUT2D eigenvalue weighted by molar-refractivity contribution is -0.123. The number of carbonyl (C=O) groups is 1. The summed E-state index contributed by atoms with van der Waals surface area (Å²) in [4.78, 5) is 14.5. The minimum absolute atomic E-state index is 0.245. The van der Waals surface area contributed by atoms with E-state index in [1.54, 1.807) is 0 Å². The number of nitrogens with one attached hydrogen (secondary N) is 1. The van der Waals surface area contributed by atoms with Crippen molar-refractivity contribution in [3.05, 3.63) is 0 Å². The molecule has 1 amide bonds. The molecule has 2 fully saturated rings. The Bertz CT molecular complexity index is 280. The standard InChI is InChI=1S/C15H28N2O2/c1-12(2)17-7-3-14(4-8-17)16-15(18)11-13-5-9-19-10-6-13/h12-14H,3-11H2,1-2H3,(H,16,18). The summed E-state index contributed by atoms with van der Waals surface area (Å²) >= 11 is 0. The second-order valence-electron chi connectivity index (χ2n) is 6.23. The molecule has 4 nitrogen and oxygen atoms in total. The quantitative estimate of drug-likeness (QED) is 0.845. The zero-order valence-electron chi connectivity index (χ0n) is 12.4. The van der Waals surface area contributed by atoms with Crippen LogP contribution in [0.25, 0.3) is 0 Å². The summed E-state index contributed by atoms with van der Waals surface area (Å²) in [5, 5.41) is 3.22. The highest BCUT2D eigenvalue weighted by atomic mass is 16.5. The Balaban J connectivity index is 1.65. The highest BCUT2D eigenvalue weighted by molar-refractivity contribution is 5.76. The van der Waals surface area contributed by atoms with Gasteiger partial charge < -0.3 is 15.0 Å².